The van der Waals surface area contributed by atoms with Crippen LogP contribution in [0, 0.1) is 0 Å². The summed E-state index contributed by atoms with van der Waals surface area (Å²) in [5, 5.41) is 2.82. The van der Waals surface area contributed by atoms with Crippen LogP contribution in [-0.2, 0) is 24.7 Å². The van der Waals surface area contributed by atoms with E-state index in [0.717, 1.165) is 11.8 Å². The molecule has 1 aliphatic heterocycles. The fourth-order valence-corrected chi connectivity index (χ4v) is 5.21. The first kappa shape index (κ1) is 23.0. The van der Waals surface area contributed by atoms with Gasteiger partial charge in [0, 0.05) is 18.8 Å². The van der Waals surface area contributed by atoms with Crippen molar-refractivity contribution >= 4 is 37.1 Å². The van der Waals surface area contributed by atoms with Crippen molar-refractivity contribution in [3.63, 3.8) is 0 Å². The third-order valence-corrected chi connectivity index (χ3v) is 7.07. The van der Waals surface area contributed by atoms with E-state index >= 15 is 0 Å². The number of benzene rings is 2. The molecule has 1 heterocycles. The average molecular weight is 468 g/mol. The molecule has 3 rings (SSSR count). The molecule has 1 amide bonds. The van der Waals surface area contributed by atoms with Crippen LogP contribution in [-0.4, -0.2) is 65.6 Å². The first-order valence-corrected chi connectivity index (χ1v) is 13.3. The first-order valence-electron chi connectivity index (χ1n) is 9.54. The predicted molar refractivity (Wildman–Crippen MR) is 120 cm³/mol. The van der Waals surface area contributed by atoms with Crippen molar-refractivity contribution in [3.8, 4) is 5.75 Å². The van der Waals surface area contributed by atoms with E-state index in [1.807, 2.05) is 35.2 Å². The van der Waals surface area contributed by atoms with Crippen molar-refractivity contribution in [2.45, 2.75) is 6.04 Å². The molecule has 0 bridgehead atoms. The van der Waals surface area contributed by atoms with Gasteiger partial charge in [-0.05, 0) is 23.8 Å². The maximum absolute atomic E-state index is 13.3. The van der Waals surface area contributed by atoms with E-state index in [4.69, 9.17) is 4.74 Å². The topological polar surface area (TPSA) is 122 Å². The number of ether oxygens (including phenoxy) is 1. The van der Waals surface area contributed by atoms with E-state index in [9.17, 15) is 21.6 Å². The number of nitrogens with zero attached hydrogens (tertiary/aromatic N) is 1. The zero-order chi connectivity index (χ0) is 22.6. The molecule has 2 aromatic rings. The van der Waals surface area contributed by atoms with E-state index in [-0.39, 0.29) is 36.2 Å². The highest BCUT2D eigenvalue weighted by molar-refractivity contribution is 7.92. The number of hydrogen-bond donors (Lipinski definition) is 2. The Bertz CT molecular complexity index is 1140. The highest BCUT2D eigenvalue weighted by atomic mass is 32.2. The number of sulfone groups is 1. The highest BCUT2D eigenvalue weighted by Crippen LogP contribution is 2.30. The molecule has 0 saturated carbocycles. The fraction of sp³-hybridized carbons (Fsp3) is 0.350. The van der Waals surface area contributed by atoms with Gasteiger partial charge < -0.3 is 10.1 Å². The Hall–Kier alpha value is -2.63. The summed E-state index contributed by atoms with van der Waals surface area (Å²) in [5.41, 5.74) is 1.31. The van der Waals surface area contributed by atoms with Crippen LogP contribution in [0.25, 0.3) is 0 Å². The first-order chi connectivity index (χ1) is 14.6. The Balaban J connectivity index is 1.88. The number of carbonyl (C=O) groups is 1. The van der Waals surface area contributed by atoms with Crippen LogP contribution >= 0.6 is 0 Å². The normalized spacial score (nSPS) is 17.5. The molecule has 9 nitrogen and oxygen atoms in total. The second-order valence-electron chi connectivity index (χ2n) is 7.28. The molecular weight excluding hydrogens is 442 g/mol. The summed E-state index contributed by atoms with van der Waals surface area (Å²) in [4.78, 5) is 15.1. The SMILES string of the molecule is COc1ccc(NC(=O)C(c2ccccc2)N2CCS(=O)(=O)CC2)cc1NS(C)(=O)=O. The molecule has 11 heteroatoms. The standard InChI is InChI=1S/C20H25N3O6S2/c1-29-18-9-8-16(14-17(18)22-30(2,25)26)21-20(24)19(15-6-4-3-5-7-15)23-10-12-31(27,28)13-11-23/h3-9,14,19,22H,10-13H2,1-2H3,(H,21,24). The van der Waals surface area contributed by atoms with Crippen molar-refractivity contribution in [1.82, 2.24) is 4.90 Å². The monoisotopic (exact) mass is 467 g/mol. The summed E-state index contributed by atoms with van der Waals surface area (Å²) in [6, 6.07) is 13.0. The van der Waals surface area contributed by atoms with Crippen LogP contribution < -0.4 is 14.8 Å². The Morgan fingerprint density at radius 1 is 1.10 bits per heavy atom. The lowest BCUT2D eigenvalue weighted by molar-refractivity contribution is -0.121. The summed E-state index contributed by atoms with van der Waals surface area (Å²) in [6.45, 7) is 0.498. The molecule has 1 atom stereocenters. The van der Waals surface area contributed by atoms with Crippen LogP contribution in [0.5, 0.6) is 5.75 Å². The zero-order valence-electron chi connectivity index (χ0n) is 17.2. The van der Waals surface area contributed by atoms with Gasteiger partial charge in [-0.15, -0.1) is 0 Å². The predicted octanol–water partition coefficient (Wildman–Crippen LogP) is 1.48. The van der Waals surface area contributed by atoms with Crippen molar-refractivity contribution < 1.29 is 26.4 Å². The lowest BCUT2D eigenvalue weighted by Gasteiger charge is -2.33. The second kappa shape index (κ2) is 9.25. The number of rotatable bonds is 7. The van der Waals surface area contributed by atoms with Crippen molar-refractivity contribution in [2.75, 3.05) is 48.0 Å². The zero-order valence-corrected chi connectivity index (χ0v) is 18.9. The van der Waals surface area contributed by atoms with Gasteiger partial charge in [0.25, 0.3) is 0 Å². The lowest BCUT2D eigenvalue weighted by atomic mass is 10.0. The van der Waals surface area contributed by atoms with E-state index < -0.39 is 25.9 Å². The Labute approximate surface area is 182 Å². The molecule has 1 fully saturated rings. The van der Waals surface area contributed by atoms with Gasteiger partial charge in [0.1, 0.15) is 11.8 Å². The van der Waals surface area contributed by atoms with Crippen molar-refractivity contribution in [1.29, 1.82) is 0 Å². The molecule has 0 spiro atoms. The lowest BCUT2D eigenvalue weighted by Crippen LogP contribution is -2.46. The minimum absolute atomic E-state index is 0.00538. The summed E-state index contributed by atoms with van der Waals surface area (Å²) in [5.74, 6) is -0.0476. The smallest absolute Gasteiger partial charge is 0.246 e. The molecular formula is C20H25N3O6S2. The Morgan fingerprint density at radius 2 is 1.74 bits per heavy atom. The summed E-state index contributed by atoms with van der Waals surface area (Å²) in [6.07, 6.45) is 1.02. The highest BCUT2D eigenvalue weighted by Gasteiger charge is 2.32. The summed E-state index contributed by atoms with van der Waals surface area (Å²) >= 11 is 0. The van der Waals surface area contributed by atoms with Gasteiger partial charge >= 0.3 is 0 Å². The molecule has 1 aliphatic rings. The molecule has 0 radical (unpaired) electrons. The Morgan fingerprint density at radius 3 is 2.32 bits per heavy atom. The number of hydrogen-bond acceptors (Lipinski definition) is 7. The third kappa shape index (κ3) is 6.18. The van der Waals surface area contributed by atoms with E-state index in [1.54, 1.807) is 12.1 Å². The minimum Gasteiger partial charge on any atom is -0.495 e. The maximum Gasteiger partial charge on any atom is 0.246 e. The number of carbonyl (C=O) groups excluding carboxylic acids is 1. The number of amides is 1. The van der Waals surface area contributed by atoms with E-state index in [2.05, 4.69) is 10.0 Å². The third-order valence-electron chi connectivity index (χ3n) is 4.87. The van der Waals surface area contributed by atoms with E-state index in [1.165, 1.54) is 13.2 Å². The number of nitrogens with one attached hydrogen (secondary N) is 2. The van der Waals surface area contributed by atoms with Gasteiger partial charge in [-0.2, -0.15) is 0 Å². The molecule has 1 saturated heterocycles. The molecule has 31 heavy (non-hydrogen) atoms. The van der Waals surface area contributed by atoms with Crippen LogP contribution in [0.2, 0.25) is 0 Å². The Kier molecular flexibility index (Phi) is 6.87. The van der Waals surface area contributed by atoms with Gasteiger partial charge in [0.2, 0.25) is 15.9 Å². The average Bonchev–Trinajstić information content (AvgIpc) is 2.69. The molecule has 0 aliphatic carbocycles. The van der Waals surface area contributed by atoms with Crippen LogP contribution in [0.1, 0.15) is 11.6 Å². The summed E-state index contributed by atoms with van der Waals surface area (Å²) < 4.78 is 54.5. The van der Waals surface area contributed by atoms with Crippen LogP contribution in [0.3, 0.4) is 0 Å². The van der Waals surface area contributed by atoms with Crippen LogP contribution in [0.4, 0.5) is 11.4 Å². The van der Waals surface area contributed by atoms with Crippen LogP contribution in [0.15, 0.2) is 48.5 Å². The van der Waals surface area contributed by atoms with Gasteiger partial charge in [-0.1, -0.05) is 30.3 Å². The molecule has 1 unspecified atom stereocenters. The number of methoxy groups -OCH3 is 1. The van der Waals surface area contributed by atoms with Gasteiger partial charge in [0.15, 0.2) is 9.84 Å². The molecule has 2 N–H and O–H groups in total. The molecule has 2 aromatic carbocycles. The van der Waals surface area contributed by atoms with Crippen molar-refractivity contribution in [2.24, 2.45) is 0 Å². The quantitative estimate of drug-likeness (QED) is 0.632. The fourth-order valence-electron chi connectivity index (χ4n) is 3.42. The largest absolute Gasteiger partial charge is 0.495 e. The van der Waals surface area contributed by atoms with Gasteiger partial charge in [0.05, 0.1) is 30.6 Å². The number of sulfonamides is 1. The summed E-state index contributed by atoms with van der Waals surface area (Å²) in [7, 11) is -5.24. The molecule has 168 valence electrons. The van der Waals surface area contributed by atoms with Gasteiger partial charge in [-0.25, -0.2) is 16.8 Å². The van der Waals surface area contributed by atoms with Crippen molar-refractivity contribution in [3.05, 3.63) is 54.1 Å². The molecule has 0 aromatic heterocycles. The van der Waals surface area contributed by atoms with E-state index in [0.29, 0.717) is 11.4 Å². The van der Waals surface area contributed by atoms with Gasteiger partial charge in [-0.3, -0.25) is 14.4 Å². The second-order valence-corrected chi connectivity index (χ2v) is 11.3. The minimum atomic E-state index is -3.55. The maximum atomic E-state index is 13.3. The number of anilines is 2.